The molecule has 4 heteroatoms. The normalized spacial score (nSPS) is 10.1. The van der Waals surface area contributed by atoms with Gasteiger partial charge < -0.3 is 14.4 Å². The largest absolute Gasteiger partial charge is 0.495 e. The predicted molar refractivity (Wildman–Crippen MR) is 68.1 cm³/mol. The summed E-state index contributed by atoms with van der Waals surface area (Å²) in [7, 11) is 3.25. The van der Waals surface area contributed by atoms with Crippen molar-refractivity contribution in [2.75, 3.05) is 32.2 Å². The van der Waals surface area contributed by atoms with Crippen molar-refractivity contribution in [3.8, 4) is 11.5 Å². The number of halogens is 1. The first-order valence-electron chi connectivity index (χ1n) is 5.34. The molecule has 0 radical (unpaired) electrons. The minimum Gasteiger partial charge on any atom is -0.495 e. The third-order valence-electron chi connectivity index (χ3n) is 2.56. The van der Waals surface area contributed by atoms with E-state index in [1.54, 1.807) is 20.3 Å². The maximum atomic E-state index is 6.05. The van der Waals surface area contributed by atoms with Crippen molar-refractivity contribution in [1.82, 2.24) is 0 Å². The van der Waals surface area contributed by atoms with Crippen LogP contribution in [0.5, 0.6) is 11.5 Å². The van der Waals surface area contributed by atoms with E-state index in [-0.39, 0.29) is 0 Å². The third-order valence-corrected chi connectivity index (χ3v) is 2.85. The van der Waals surface area contributed by atoms with E-state index in [2.05, 4.69) is 18.7 Å². The molecule has 0 saturated carbocycles. The van der Waals surface area contributed by atoms with E-state index in [0.717, 1.165) is 24.5 Å². The molecule has 0 aromatic heterocycles. The van der Waals surface area contributed by atoms with Gasteiger partial charge in [0.1, 0.15) is 11.5 Å². The lowest BCUT2D eigenvalue weighted by molar-refractivity contribution is 0.403. The predicted octanol–water partition coefficient (Wildman–Crippen LogP) is 3.20. The number of benzene rings is 1. The molecule has 0 N–H and O–H groups in total. The Labute approximate surface area is 102 Å². The summed E-state index contributed by atoms with van der Waals surface area (Å²) in [6, 6.07) is 3.70. The summed E-state index contributed by atoms with van der Waals surface area (Å²) in [5, 5.41) is 0.565. The highest BCUT2D eigenvalue weighted by molar-refractivity contribution is 6.32. The van der Waals surface area contributed by atoms with Gasteiger partial charge in [-0.2, -0.15) is 0 Å². The summed E-state index contributed by atoms with van der Waals surface area (Å²) in [6.07, 6.45) is 0. The highest BCUT2D eigenvalue weighted by atomic mass is 35.5. The molecule has 0 heterocycles. The Morgan fingerprint density at radius 3 is 2.06 bits per heavy atom. The number of hydrogen-bond acceptors (Lipinski definition) is 3. The second-order valence-electron chi connectivity index (χ2n) is 3.33. The second kappa shape index (κ2) is 5.85. The van der Waals surface area contributed by atoms with Gasteiger partial charge in [-0.15, -0.1) is 0 Å². The molecule has 1 rings (SSSR count). The van der Waals surface area contributed by atoms with E-state index in [1.165, 1.54) is 0 Å². The lowest BCUT2D eigenvalue weighted by Gasteiger charge is -2.24. The van der Waals surface area contributed by atoms with Crippen LogP contribution in [-0.4, -0.2) is 27.3 Å². The maximum Gasteiger partial charge on any atom is 0.143 e. The van der Waals surface area contributed by atoms with Gasteiger partial charge in [0.25, 0.3) is 0 Å². The molecular weight excluding hydrogens is 226 g/mol. The number of hydrogen-bond donors (Lipinski definition) is 0. The highest BCUT2D eigenvalue weighted by Gasteiger charge is 2.13. The Morgan fingerprint density at radius 2 is 1.62 bits per heavy atom. The van der Waals surface area contributed by atoms with Gasteiger partial charge in [-0.3, -0.25) is 0 Å². The van der Waals surface area contributed by atoms with E-state index in [1.807, 2.05) is 6.07 Å². The van der Waals surface area contributed by atoms with Crippen LogP contribution in [0.15, 0.2) is 12.1 Å². The Kier molecular flexibility index (Phi) is 4.74. The van der Waals surface area contributed by atoms with Gasteiger partial charge in [0.2, 0.25) is 0 Å². The van der Waals surface area contributed by atoms with Gasteiger partial charge in [0, 0.05) is 25.2 Å². The standard InChI is InChI=1S/C12H18ClNO2/c1-5-14(6-2)10-8-11(15-3)9(13)7-12(10)16-4/h7-8H,5-6H2,1-4H3. The van der Waals surface area contributed by atoms with E-state index < -0.39 is 0 Å². The first kappa shape index (κ1) is 13.0. The van der Waals surface area contributed by atoms with Gasteiger partial charge in [-0.05, 0) is 13.8 Å². The van der Waals surface area contributed by atoms with Crippen molar-refractivity contribution in [1.29, 1.82) is 0 Å². The van der Waals surface area contributed by atoms with Crippen molar-refractivity contribution in [3.63, 3.8) is 0 Å². The van der Waals surface area contributed by atoms with Gasteiger partial charge in [0.15, 0.2) is 0 Å². The van der Waals surface area contributed by atoms with Gasteiger partial charge in [0.05, 0.1) is 24.9 Å². The van der Waals surface area contributed by atoms with Crippen molar-refractivity contribution < 1.29 is 9.47 Å². The first-order chi connectivity index (χ1) is 7.67. The summed E-state index contributed by atoms with van der Waals surface area (Å²) in [5.41, 5.74) is 1.01. The molecule has 0 aliphatic rings. The second-order valence-corrected chi connectivity index (χ2v) is 3.74. The molecule has 0 unspecified atom stereocenters. The van der Waals surface area contributed by atoms with Crippen LogP contribution in [0.3, 0.4) is 0 Å². The summed E-state index contributed by atoms with van der Waals surface area (Å²) in [4.78, 5) is 2.19. The van der Waals surface area contributed by atoms with E-state index in [9.17, 15) is 0 Å². The maximum absolute atomic E-state index is 6.05. The fraction of sp³-hybridized carbons (Fsp3) is 0.500. The molecule has 0 aliphatic carbocycles. The zero-order valence-electron chi connectivity index (χ0n) is 10.2. The molecule has 0 aliphatic heterocycles. The molecule has 16 heavy (non-hydrogen) atoms. The molecule has 1 aromatic carbocycles. The quantitative estimate of drug-likeness (QED) is 0.793. The third kappa shape index (κ3) is 2.53. The van der Waals surface area contributed by atoms with Crippen LogP contribution in [0.1, 0.15) is 13.8 Å². The minimum atomic E-state index is 0.565. The van der Waals surface area contributed by atoms with E-state index in [0.29, 0.717) is 10.8 Å². The van der Waals surface area contributed by atoms with Crippen LogP contribution in [0.4, 0.5) is 5.69 Å². The summed E-state index contributed by atoms with van der Waals surface area (Å²) in [5.74, 6) is 1.44. The smallest absolute Gasteiger partial charge is 0.143 e. The van der Waals surface area contributed by atoms with Gasteiger partial charge in [-0.25, -0.2) is 0 Å². The number of methoxy groups -OCH3 is 2. The number of ether oxygens (including phenoxy) is 2. The van der Waals surface area contributed by atoms with Crippen molar-refractivity contribution >= 4 is 17.3 Å². The SMILES string of the molecule is CCN(CC)c1cc(OC)c(Cl)cc1OC. The van der Waals surface area contributed by atoms with Crippen molar-refractivity contribution in [2.45, 2.75) is 13.8 Å². The molecule has 0 amide bonds. The molecule has 0 fully saturated rings. The molecule has 3 nitrogen and oxygen atoms in total. The number of anilines is 1. The minimum absolute atomic E-state index is 0.565. The van der Waals surface area contributed by atoms with Crippen LogP contribution in [-0.2, 0) is 0 Å². The van der Waals surface area contributed by atoms with E-state index >= 15 is 0 Å². The summed E-state index contributed by atoms with van der Waals surface area (Å²) in [6.45, 7) is 6.03. The molecule has 0 bridgehead atoms. The molecular formula is C12H18ClNO2. The monoisotopic (exact) mass is 243 g/mol. The van der Waals surface area contributed by atoms with Gasteiger partial charge >= 0.3 is 0 Å². The highest BCUT2D eigenvalue weighted by Crippen LogP contribution is 2.37. The van der Waals surface area contributed by atoms with Gasteiger partial charge in [-0.1, -0.05) is 11.6 Å². The van der Waals surface area contributed by atoms with Crippen molar-refractivity contribution in [2.24, 2.45) is 0 Å². The van der Waals surface area contributed by atoms with Crippen LogP contribution in [0, 0.1) is 0 Å². The Morgan fingerprint density at radius 1 is 1.06 bits per heavy atom. The number of rotatable bonds is 5. The number of nitrogens with zero attached hydrogens (tertiary/aromatic N) is 1. The molecule has 0 spiro atoms. The van der Waals surface area contributed by atoms with E-state index in [4.69, 9.17) is 21.1 Å². The van der Waals surface area contributed by atoms with Crippen molar-refractivity contribution in [3.05, 3.63) is 17.2 Å². The first-order valence-corrected chi connectivity index (χ1v) is 5.72. The fourth-order valence-corrected chi connectivity index (χ4v) is 1.89. The summed E-state index contributed by atoms with van der Waals surface area (Å²) >= 11 is 6.05. The fourth-order valence-electron chi connectivity index (χ4n) is 1.66. The zero-order chi connectivity index (χ0) is 12.1. The average molecular weight is 244 g/mol. The Hall–Kier alpha value is -1.09. The molecule has 0 atom stereocenters. The summed E-state index contributed by atoms with van der Waals surface area (Å²) < 4.78 is 10.5. The average Bonchev–Trinajstić information content (AvgIpc) is 2.31. The Balaban J connectivity index is 3.23. The zero-order valence-corrected chi connectivity index (χ0v) is 11.0. The lowest BCUT2D eigenvalue weighted by atomic mass is 10.2. The van der Waals surface area contributed by atoms with Crippen LogP contribution in [0.2, 0.25) is 5.02 Å². The Bertz CT molecular complexity index is 351. The van der Waals surface area contributed by atoms with Crippen LogP contribution < -0.4 is 14.4 Å². The van der Waals surface area contributed by atoms with Crippen LogP contribution >= 0.6 is 11.6 Å². The molecule has 1 aromatic rings. The van der Waals surface area contributed by atoms with Crippen LogP contribution in [0.25, 0.3) is 0 Å². The lowest BCUT2D eigenvalue weighted by Crippen LogP contribution is -2.22. The molecule has 0 saturated heterocycles. The molecule has 90 valence electrons. The topological polar surface area (TPSA) is 21.7 Å².